The minimum Gasteiger partial charge on any atom is -0.399 e. The van der Waals surface area contributed by atoms with Crippen LogP contribution in [0, 0.1) is 32.8 Å². The van der Waals surface area contributed by atoms with Gasteiger partial charge in [0.15, 0.2) is 0 Å². The van der Waals surface area contributed by atoms with E-state index in [4.69, 9.17) is 16.3 Å². The smallest absolute Gasteiger partial charge is 0.293 e. The van der Waals surface area contributed by atoms with Gasteiger partial charge in [-0.2, -0.15) is 10.5 Å². The molecule has 0 saturated heterocycles. The average molecular weight is 378 g/mol. The van der Waals surface area contributed by atoms with Gasteiger partial charge in [-0.1, -0.05) is 0 Å². The molecule has 9 heteroatoms. The van der Waals surface area contributed by atoms with E-state index >= 15 is 0 Å². The highest BCUT2D eigenvalue weighted by Crippen LogP contribution is 2.29. The molecule has 0 heterocycles. The zero-order valence-electron chi connectivity index (χ0n) is 15.0. The van der Waals surface area contributed by atoms with Gasteiger partial charge in [0, 0.05) is 36.1 Å². The molecule has 2 aromatic rings. The third kappa shape index (κ3) is 5.19. The van der Waals surface area contributed by atoms with Gasteiger partial charge in [-0.25, -0.2) is 0 Å². The third-order valence-electron chi connectivity index (χ3n) is 3.91. The number of nitrogens with one attached hydrogen (secondary N) is 1. The van der Waals surface area contributed by atoms with Crippen LogP contribution in [0.4, 0.5) is 22.7 Å². The number of carbonyl (C=O) groups is 1. The topological polar surface area (TPSA) is 149 Å². The number of carbonyl (C=O) groups excluding carboxylic acids is 1. The third-order valence-corrected chi connectivity index (χ3v) is 3.91. The average Bonchev–Trinajstić information content (AvgIpc) is 2.69. The van der Waals surface area contributed by atoms with Crippen LogP contribution in [-0.2, 0) is 0 Å². The van der Waals surface area contributed by atoms with Gasteiger partial charge in [0.25, 0.3) is 11.6 Å². The highest BCUT2D eigenvalue weighted by Gasteiger charge is 2.21. The first-order valence-corrected chi connectivity index (χ1v) is 8.40. The van der Waals surface area contributed by atoms with E-state index in [1.165, 1.54) is 23.1 Å². The summed E-state index contributed by atoms with van der Waals surface area (Å²) in [5.74, 6) is -0.465. The van der Waals surface area contributed by atoms with Crippen molar-refractivity contribution in [3.05, 3.63) is 58.1 Å². The number of nitriles is 2. The van der Waals surface area contributed by atoms with Gasteiger partial charge < -0.3 is 16.0 Å². The number of benzene rings is 2. The first kappa shape index (κ1) is 20.2. The van der Waals surface area contributed by atoms with Crippen LogP contribution < -0.4 is 11.1 Å². The van der Waals surface area contributed by atoms with Gasteiger partial charge >= 0.3 is 0 Å². The molecular formula is C19H18N6O3. The van der Waals surface area contributed by atoms with Gasteiger partial charge in [0.1, 0.15) is 5.69 Å². The maximum Gasteiger partial charge on any atom is 0.293 e. The molecular weight excluding hydrogens is 360 g/mol. The van der Waals surface area contributed by atoms with Crippen LogP contribution in [0.2, 0.25) is 0 Å². The van der Waals surface area contributed by atoms with Gasteiger partial charge in [0.05, 0.1) is 29.9 Å². The van der Waals surface area contributed by atoms with E-state index in [-0.39, 0.29) is 42.9 Å². The number of nitrogens with two attached hydrogens (primary N) is 1. The summed E-state index contributed by atoms with van der Waals surface area (Å²) in [7, 11) is 0. The summed E-state index contributed by atoms with van der Waals surface area (Å²) >= 11 is 0. The quantitative estimate of drug-likeness (QED) is 0.407. The molecule has 1 amide bonds. The van der Waals surface area contributed by atoms with Crippen molar-refractivity contribution in [1.82, 2.24) is 4.90 Å². The number of nitrogens with zero attached hydrogens (tertiary/aromatic N) is 4. The molecule has 28 heavy (non-hydrogen) atoms. The van der Waals surface area contributed by atoms with Crippen LogP contribution >= 0.6 is 0 Å². The molecule has 9 nitrogen and oxygen atoms in total. The Kier molecular flexibility index (Phi) is 6.89. The monoisotopic (exact) mass is 378 g/mol. The Morgan fingerprint density at radius 1 is 1.11 bits per heavy atom. The van der Waals surface area contributed by atoms with Crippen molar-refractivity contribution in [3.8, 4) is 12.1 Å². The minimum absolute atomic E-state index is 0.107. The predicted molar refractivity (Wildman–Crippen MR) is 104 cm³/mol. The number of rotatable bonds is 8. The van der Waals surface area contributed by atoms with Crippen molar-refractivity contribution in [2.24, 2.45) is 0 Å². The lowest BCUT2D eigenvalue weighted by molar-refractivity contribution is -0.383. The number of amides is 1. The molecule has 0 radical (unpaired) electrons. The highest BCUT2D eigenvalue weighted by molar-refractivity contribution is 5.96. The fourth-order valence-electron chi connectivity index (χ4n) is 2.51. The van der Waals surface area contributed by atoms with Crippen molar-refractivity contribution < 1.29 is 9.72 Å². The molecule has 0 unspecified atom stereocenters. The fourth-order valence-corrected chi connectivity index (χ4v) is 2.51. The lowest BCUT2D eigenvalue weighted by Crippen LogP contribution is -2.32. The molecule has 0 aliphatic carbocycles. The zero-order valence-corrected chi connectivity index (χ0v) is 15.0. The van der Waals surface area contributed by atoms with Crippen LogP contribution in [-0.4, -0.2) is 28.8 Å². The van der Waals surface area contributed by atoms with Gasteiger partial charge in [-0.3, -0.25) is 14.9 Å². The minimum atomic E-state index is -0.578. The van der Waals surface area contributed by atoms with Gasteiger partial charge in [-0.05, 0) is 36.4 Å². The van der Waals surface area contributed by atoms with E-state index in [9.17, 15) is 14.9 Å². The number of nitro groups is 1. The predicted octanol–water partition coefficient (Wildman–Crippen LogP) is 3.19. The fraction of sp³-hybridized carbons (Fsp3) is 0.211. The standard InChI is InChI=1S/C19H18N6O3/c20-9-1-11-24(12-2-10-21)19(26)14-3-8-17(18(13-14)25(27)28)23-16-6-4-15(22)5-7-16/h3-8,13,23H,1-2,11-12,22H2. The molecule has 0 saturated carbocycles. The SMILES string of the molecule is N#CCCN(CCC#N)C(=O)c1ccc(Nc2ccc(N)cc2)c([N+](=O)[O-])c1. The maximum absolute atomic E-state index is 12.7. The molecule has 0 bridgehead atoms. The molecule has 2 aromatic carbocycles. The molecule has 0 fully saturated rings. The largest absolute Gasteiger partial charge is 0.399 e. The maximum atomic E-state index is 12.7. The summed E-state index contributed by atoms with van der Waals surface area (Å²) in [6.45, 7) is 0.298. The molecule has 0 atom stereocenters. The van der Waals surface area contributed by atoms with E-state index in [1.807, 2.05) is 12.1 Å². The van der Waals surface area contributed by atoms with Crippen molar-refractivity contribution in [1.29, 1.82) is 10.5 Å². The van der Waals surface area contributed by atoms with Crippen molar-refractivity contribution in [2.45, 2.75) is 12.8 Å². The molecule has 0 aromatic heterocycles. The Labute approximate surface area is 161 Å². The normalized spacial score (nSPS) is 9.79. The summed E-state index contributed by atoms with van der Waals surface area (Å²) in [6.07, 6.45) is 0.214. The molecule has 3 N–H and O–H groups in total. The summed E-state index contributed by atoms with van der Waals surface area (Å²) in [6, 6.07) is 14.7. The van der Waals surface area contributed by atoms with Gasteiger partial charge in [-0.15, -0.1) is 0 Å². The lowest BCUT2D eigenvalue weighted by atomic mass is 10.1. The van der Waals surface area contributed by atoms with Crippen LogP contribution in [0.25, 0.3) is 0 Å². The van der Waals surface area contributed by atoms with Crippen molar-refractivity contribution in [2.75, 3.05) is 24.1 Å². The number of nitro benzene ring substituents is 1. The van der Waals surface area contributed by atoms with E-state index in [1.54, 1.807) is 24.3 Å². The van der Waals surface area contributed by atoms with Gasteiger partial charge in [0.2, 0.25) is 0 Å². The lowest BCUT2D eigenvalue weighted by Gasteiger charge is -2.20. The highest BCUT2D eigenvalue weighted by atomic mass is 16.6. The summed E-state index contributed by atoms with van der Waals surface area (Å²) in [5, 5.41) is 31.9. The van der Waals surface area contributed by atoms with E-state index in [0.29, 0.717) is 11.4 Å². The van der Waals surface area contributed by atoms with Crippen molar-refractivity contribution in [3.63, 3.8) is 0 Å². The molecule has 0 aliphatic heterocycles. The Hall–Kier alpha value is -4.11. The number of anilines is 3. The second-order valence-corrected chi connectivity index (χ2v) is 5.84. The second-order valence-electron chi connectivity index (χ2n) is 5.84. The van der Waals surface area contributed by atoms with E-state index in [0.717, 1.165) is 0 Å². The number of hydrogen-bond donors (Lipinski definition) is 2. The van der Waals surface area contributed by atoms with Crippen LogP contribution in [0.3, 0.4) is 0 Å². The van der Waals surface area contributed by atoms with Crippen LogP contribution in [0.1, 0.15) is 23.2 Å². The second kappa shape index (κ2) is 9.55. The Bertz CT molecular complexity index is 926. The molecule has 0 aliphatic rings. The van der Waals surface area contributed by atoms with E-state index < -0.39 is 10.8 Å². The van der Waals surface area contributed by atoms with Crippen LogP contribution in [0.15, 0.2) is 42.5 Å². The summed E-state index contributed by atoms with van der Waals surface area (Å²) in [4.78, 5) is 24.9. The van der Waals surface area contributed by atoms with E-state index in [2.05, 4.69) is 5.32 Å². The first-order valence-electron chi connectivity index (χ1n) is 8.40. The Morgan fingerprint density at radius 2 is 1.71 bits per heavy atom. The zero-order chi connectivity index (χ0) is 20.5. The Morgan fingerprint density at radius 3 is 2.25 bits per heavy atom. The first-order chi connectivity index (χ1) is 13.5. The number of nitrogen functional groups attached to an aromatic ring is 1. The number of hydrogen-bond acceptors (Lipinski definition) is 7. The molecule has 0 spiro atoms. The molecule has 2 rings (SSSR count). The summed E-state index contributed by atoms with van der Waals surface area (Å²) < 4.78 is 0. The van der Waals surface area contributed by atoms with Crippen LogP contribution in [0.5, 0.6) is 0 Å². The molecule has 142 valence electrons. The Balaban J connectivity index is 2.30. The van der Waals surface area contributed by atoms with Crippen molar-refractivity contribution >= 4 is 28.7 Å². The summed E-state index contributed by atoms with van der Waals surface area (Å²) in [5.41, 5.74) is 6.89.